The van der Waals surface area contributed by atoms with E-state index in [1.54, 1.807) is 14.2 Å². The summed E-state index contributed by atoms with van der Waals surface area (Å²) in [5.41, 5.74) is 1.10. The maximum Gasteiger partial charge on any atom is 0.193 e. The van der Waals surface area contributed by atoms with Crippen LogP contribution in [0.4, 0.5) is 0 Å². The topological polar surface area (TPSA) is 49.3 Å². The number of hydrogen-bond acceptors (Lipinski definition) is 4. The summed E-state index contributed by atoms with van der Waals surface area (Å²) in [5, 5.41) is 3.52. The number of aliphatic imine (C=N–C) groups is 1. The fraction of sp³-hybridized carbons (Fsp3) is 0.632. The molecule has 0 radical (unpaired) electrons. The Morgan fingerprint density at radius 3 is 2.73 bits per heavy atom. The van der Waals surface area contributed by atoms with Crippen molar-refractivity contribution in [2.45, 2.75) is 19.4 Å². The molecule has 1 fully saturated rings. The number of piperidine rings is 1. The summed E-state index contributed by atoms with van der Waals surface area (Å²) in [6.45, 7) is 4.04. The molecule has 1 N–H and O–H groups in total. The molecule has 1 aliphatic heterocycles. The molecule has 7 heteroatoms. The van der Waals surface area contributed by atoms with Crippen LogP contribution in [0.2, 0.25) is 0 Å². The van der Waals surface area contributed by atoms with Crippen molar-refractivity contribution in [1.29, 1.82) is 0 Å². The molecule has 1 aliphatic rings. The van der Waals surface area contributed by atoms with E-state index in [2.05, 4.69) is 27.2 Å². The summed E-state index contributed by atoms with van der Waals surface area (Å²) >= 11 is 0. The highest BCUT2D eigenvalue weighted by molar-refractivity contribution is 14.0. The van der Waals surface area contributed by atoms with Gasteiger partial charge in [0.25, 0.3) is 0 Å². The lowest BCUT2D eigenvalue weighted by molar-refractivity contribution is 0.209. The van der Waals surface area contributed by atoms with Gasteiger partial charge in [-0.05, 0) is 44.5 Å². The van der Waals surface area contributed by atoms with E-state index in [1.165, 1.54) is 19.4 Å². The van der Waals surface area contributed by atoms with Crippen molar-refractivity contribution in [3.8, 4) is 11.5 Å². The third kappa shape index (κ3) is 6.50. The quantitative estimate of drug-likeness (QED) is 0.389. The van der Waals surface area contributed by atoms with Crippen molar-refractivity contribution >= 4 is 29.9 Å². The predicted octanol–water partition coefficient (Wildman–Crippen LogP) is 2.67. The molecule has 1 aromatic rings. The van der Waals surface area contributed by atoms with Gasteiger partial charge in [0.05, 0.1) is 14.2 Å². The number of ether oxygens (including phenoxy) is 2. The van der Waals surface area contributed by atoms with Crippen molar-refractivity contribution in [1.82, 2.24) is 15.1 Å². The Morgan fingerprint density at radius 2 is 2.12 bits per heavy atom. The van der Waals surface area contributed by atoms with E-state index in [0.29, 0.717) is 5.92 Å². The van der Waals surface area contributed by atoms with Gasteiger partial charge in [-0.15, -0.1) is 24.0 Å². The van der Waals surface area contributed by atoms with Crippen molar-refractivity contribution < 1.29 is 9.47 Å². The second-order valence-corrected chi connectivity index (χ2v) is 6.73. The molecule has 1 saturated heterocycles. The number of likely N-dealkylation sites (tertiary alicyclic amines) is 1. The molecule has 6 nitrogen and oxygen atoms in total. The smallest absolute Gasteiger partial charge is 0.193 e. The van der Waals surface area contributed by atoms with E-state index < -0.39 is 0 Å². The Morgan fingerprint density at radius 1 is 1.35 bits per heavy atom. The van der Waals surface area contributed by atoms with Crippen LogP contribution in [-0.2, 0) is 6.54 Å². The van der Waals surface area contributed by atoms with Crippen LogP contribution in [0.25, 0.3) is 0 Å². The van der Waals surface area contributed by atoms with Crippen molar-refractivity contribution in [2.75, 3.05) is 55.0 Å². The predicted molar refractivity (Wildman–Crippen MR) is 118 cm³/mol. The summed E-state index contributed by atoms with van der Waals surface area (Å²) in [5.74, 6) is 3.22. The minimum atomic E-state index is 0. The van der Waals surface area contributed by atoms with Gasteiger partial charge in [-0.2, -0.15) is 0 Å². The minimum absolute atomic E-state index is 0. The second-order valence-electron chi connectivity index (χ2n) is 6.73. The van der Waals surface area contributed by atoms with E-state index in [-0.39, 0.29) is 24.0 Å². The zero-order chi connectivity index (χ0) is 18.2. The zero-order valence-corrected chi connectivity index (χ0v) is 18.9. The monoisotopic (exact) mass is 476 g/mol. The Bertz CT molecular complexity index is 583. The maximum absolute atomic E-state index is 5.50. The number of rotatable bonds is 6. The number of halogens is 1. The molecule has 148 valence electrons. The first-order chi connectivity index (χ1) is 12.1. The molecular weight excluding hydrogens is 443 g/mol. The summed E-state index contributed by atoms with van der Waals surface area (Å²) in [6.07, 6.45) is 2.56. The summed E-state index contributed by atoms with van der Waals surface area (Å²) in [7, 11) is 9.42. The Balaban J connectivity index is 0.00000338. The highest BCUT2D eigenvalue weighted by Crippen LogP contribution is 2.25. The lowest BCUT2D eigenvalue weighted by Crippen LogP contribution is -2.44. The van der Waals surface area contributed by atoms with Crippen LogP contribution in [0.5, 0.6) is 11.5 Å². The van der Waals surface area contributed by atoms with Crippen LogP contribution >= 0.6 is 24.0 Å². The van der Waals surface area contributed by atoms with Gasteiger partial charge in [-0.1, -0.05) is 0 Å². The minimum Gasteiger partial charge on any atom is -0.497 e. The van der Waals surface area contributed by atoms with E-state index in [4.69, 9.17) is 9.47 Å². The molecule has 0 aromatic heterocycles. The van der Waals surface area contributed by atoms with E-state index in [9.17, 15) is 0 Å². The van der Waals surface area contributed by atoms with E-state index in [1.807, 2.05) is 32.3 Å². The van der Waals surface area contributed by atoms with Crippen LogP contribution < -0.4 is 14.8 Å². The fourth-order valence-electron chi connectivity index (χ4n) is 3.37. The van der Waals surface area contributed by atoms with Crippen LogP contribution in [0.15, 0.2) is 23.2 Å². The maximum atomic E-state index is 5.50. The zero-order valence-electron chi connectivity index (χ0n) is 16.6. The highest BCUT2D eigenvalue weighted by atomic mass is 127. The van der Waals surface area contributed by atoms with Crippen LogP contribution in [0, 0.1) is 5.92 Å². The van der Waals surface area contributed by atoms with Crippen LogP contribution in [0.1, 0.15) is 18.4 Å². The van der Waals surface area contributed by atoms with Crippen LogP contribution in [0.3, 0.4) is 0 Å². The number of nitrogens with one attached hydrogen (secondary N) is 1. The van der Waals surface area contributed by atoms with Crippen molar-refractivity contribution in [3.63, 3.8) is 0 Å². The average molecular weight is 476 g/mol. The molecule has 0 saturated carbocycles. The third-order valence-electron chi connectivity index (χ3n) is 4.75. The first kappa shape index (κ1) is 22.8. The van der Waals surface area contributed by atoms with Gasteiger partial charge in [-0.3, -0.25) is 4.99 Å². The van der Waals surface area contributed by atoms with Crippen molar-refractivity contribution in [3.05, 3.63) is 23.8 Å². The summed E-state index contributed by atoms with van der Waals surface area (Å²) < 4.78 is 10.8. The average Bonchev–Trinajstić information content (AvgIpc) is 2.62. The second kappa shape index (κ2) is 11.5. The van der Waals surface area contributed by atoms with Gasteiger partial charge in [-0.25, -0.2) is 0 Å². The first-order valence-electron chi connectivity index (χ1n) is 8.88. The third-order valence-corrected chi connectivity index (χ3v) is 4.75. The highest BCUT2D eigenvalue weighted by Gasteiger charge is 2.18. The standard InChI is InChI=1S/C19H32N4O2.HI/c1-20-19(21-12-15-7-6-10-22(2)13-15)23(3)14-16-8-9-17(24-4)11-18(16)25-5;/h8-9,11,15H,6-7,10,12-14H2,1-5H3,(H,20,21);1H. The summed E-state index contributed by atoms with van der Waals surface area (Å²) in [6, 6.07) is 5.91. The normalized spacial score (nSPS) is 18.0. The van der Waals surface area contributed by atoms with Gasteiger partial charge in [0.1, 0.15) is 11.5 Å². The number of methoxy groups -OCH3 is 2. The Labute approximate surface area is 175 Å². The number of benzene rings is 1. The van der Waals surface area contributed by atoms with Crippen LogP contribution in [-0.4, -0.2) is 70.8 Å². The van der Waals surface area contributed by atoms with Gasteiger partial charge in [0.2, 0.25) is 0 Å². The SMILES string of the molecule is CN=C(NCC1CCCN(C)C1)N(C)Cc1ccc(OC)cc1OC.I. The molecule has 1 heterocycles. The van der Waals surface area contributed by atoms with E-state index in [0.717, 1.165) is 42.7 Å². The molecule has 1 atom stereocenters. The van der Waals surface area contributed by atoms with Gasteiger partial charge in [0.15, 0.2) is 5.96 Å². The van der Waals surface area contributed by atoms with Gasteiger partial charge in [0, 0.05) is 45.4 Å². The molecule has 0 bridgehead atoms. The molecule has 1 unspecified atom stereocenters. The largest absolute Gasteiger partial charge is 0.497 e. The molecule has 1 aromatic carbocycles. The molecular formula is C19H33IN4O2. The van der Waals surface area contributed by atoms with E-state index >= 15 is 0 Å². The molecule has 0 spiro atoms. The summed E-state index contributed by atoms with van der Waals surface area (Å²) in [4.78, 5) is 8.96. The van der Waals surface area contributed by atoms with Crippen molar-refractivity contribution in [2.24, 2.45) is 10.9 Å². The molecule has 0 aliphatic carbocycles. The van der Waals surface area contributed by atoms with Gasteiger partial charge >= 0.3 is 0 Å². The first-order valence-corrected chi connectivity index (χ1v) is 8.88. The molecule has 26 heavy (non-hydrogen) atoms. The number of nitrogens with zero attached hydrogens (tertiary/aromatic N) is 3. The fourth-order valence-corrected chi connectivity index (χ4v) is 3.37. The lowest BCUT2D eigenvalue weighted by atomic mass is 9.98. The Hall–Kier alpha value is -1.22. The number of hydrogen-bond donors (Lipinski definition) is 1. The lowest BCUT2D eigenvalue weighted by Gasteiger charge is -2.31. The Kier molecular flexibility index (Phi) is 10.1. The molecule has 0 amide bonds. The molecule has 2 rings (SSSR count). The number of guanidine groups is 1. The van der Waals surface area contributed by atoms with Gasteiger partial charge < -0.3 is 24.6 Å².